The molecule has 1 aromatic carbocycles. The van der Waals surface area contributed by atoms with Gasteiger partial charge in [-0.3, -0.25) is 4.79 Å². The van der Waals surface area contributed by atoms with Crippen LogP contribution in [0.25, 0.3) is 11.3 Å². The van der Waals surface area contributed by atoms with Crippen LogP contribution in [0.3, 0.4) is 0 Å². The van der Waals surface area contributed by atoms with Crippen LogP contribution in [-0.2, 0) is 10.2 Å². The normalized spacial score (nSPS) is 20.9. The molecule has 0 bridgehead atoms. The molecule has 5 nitrogen and oxygen atoms in total. The topological polar surface area (TPSA) is 41.4 Å². The van der Waals surface area contributed by atoms with Gasteiger partial charge in [-0.15, -0.1) is 0 Å². The summed E-state index contributed by atoms with van der Waals surface area (Å²) in [6, 6.07) is 6.67. The maximum absolute atomic E-state index is 13.0. The second-order valence-electron chi connectivity index (χ2n) is 8.73. The Morgan fingerprint density at radius 1 is 1.21 bits per heavy atom. The van der Waals surface area contributed by atoms with Gasteiger partial charge in [-0.2, -0.15) is 5.10 Å². The highest BCUT2D eigenvalue weighted by molar-refractivity contribution is 6.08. The van der Waals surface area contributed by atoms with Gasteiger partial charge >= 0.3 is 0 Å². The lowest BCUT2D eigenvalue weighted by atomic mass is 9.86. The Kier molecular flexibility index (Phi) is 3.60. The molecule has 1 fully saturated rings. The number of carbonyl (C=O) groups excluding carboxylic acids is 1. The second kappa shape index (κ2) is 5.84. The maximum atomic E-state index is 13.0. The number of anilines is 1. The van der Waals surface area contributed by atoms with E-state index in [-0.39, 0.29) is 5.91 Å². The zero-order valence-electron chi connectivity index (χ0n) is 16.9. The van der Waals surface area contributed by atoms with E-state index in [1.54, 1.807) is 0 Å². The predicted octanol–water partition coefficient (Wildman–Crippen LogP) is 3.89. The zero-order chi connectivity index (χ0) is 19.6. The average molecular weight is 374 g/mol. The summed E-state index contributed by atoms with van der Waals surface area (Å²) >= 11 is 0. The lowest BCUT2D eigenvalue weighted by molar-refractivity contribution is -0.122. The van der Waals surface area contributed by atoms with Crippen molar-refractivity contribution in [1.82, 2.24) is 14.7 Å². The molecule has 1 aromatic heterocycles. The molecule has 28 heavy (non-hydrogen) atoms. The van der Waals surface area contributed by atoms with E-state index in [0.717, 1.165) is 41.9 Å². The van der Waals surface area contributed by atoms with Crippen molar-refractivity contribution >= 4 is 17.2 Å². The van der Waals surface area contributed by atoms with Crippen LogP contribution in [0.4, 0.5) is 5.69 Å². The Morgan fingerprint density at radius 2 is 2.00 bits per heavy atom. The molecule has 0 radical (unpaired) electrons. The van der Waals surface area contributed by atoms with Crippen molar-refractivity contribution in [1.29, 1.82) is 0 Å². The van der Waals surface area contributed by atoms with Gasteiger partial charge in [0.25, 0.3) is 0 Å². The molecule has 2 aliphatic heterocycles. The number of hydrogen-bond acceptors (Lipinski definition) is 3. The van der Waals surface area contributed by atoms with Crippen molar-refractivity contribution in [2.24, 2.45) is 0 Å². The number of allylic oxidation sites excluding steroid dienone is 3. The summed E-state index contributed by atoms with van der Waals surface area (Å²) in [6.45, 7) is 7.10. The second-order valence-corrected chi connectivity index (χ2v) is 8.73. The van der Waals surface area contributed by atoms with Gasteiger partial charge in [-0.05, 0) is 63.0 Å². The lowest BCUT2D eigenvalue weighted by Crippen LogP contribution is -2.37. The van der Waals surface area contributed by atoms with E-state index >= 15 is 0 Å². The molecule has 3 heterocycles. The maximum Gasteiger partial charge on any atom is 0.237 e. The quantitative estimate of drug-likeness (QED) is 0.818. The van der Waals surface area contributed by atoms with Gasteiger partial charge in [0.05, 0.1) is 23.0 Å². The summed E-state index contributed by atoms with van der Waals surface area (Å²) in [5.74, 6) is 0.223. The number of fused-ring (bicyclic) bond motifs is 1. The Hall–Kier alpha value is -2.82. The number of carbonyl (C=O) groups is 1. The van der Waals surface area contributed by atoms with Crippen LogP contribution in [0, 0.1) is 0 Å². The fraction of sp³-hybridized carbons (Fsp3) is 0.391. The van der Waals surface area contributed by atoms with Crippen molar-refractivity contribution in [3.05, 3.63) is 59.6 Å². The highest BCUT2D eigenvalue weighted by atomic mass is 16.2. The van der Waals surface area contributed by atoms with Crippen LogP contribution in [0.15, 0.2) is 48.4 Å². The van der Waals surface area contributed by atoms with E-state index in [2.05, 4.69) is 60.5 Å². The minimum absolute atomic E-state index is 0.223. The average Bonchev–Trinajstić information content (AvgIpc) is 3.33. The minimum Gasteiger partial charge on any atom is -0.374 e. The van der Waals surface area contributed by atoms with E-state index in [0.29, 0.717) is 6.04 Å². The first-order chi connectivity index (χ1) is 13.4. The third-order valence-electron chi connectivity index (χ3n) is 6.31. The number of rotatable bonds is 3. The number of hydrogen-bond donors (Lipinski definition) is 0. The van der Waals surface area contributed by atoms with Crippen molar-refractivity contribution in [3.63, 3.8) is 0 Å². The molecule has 1 amide bonds. The van der Waals surface area contributed by atoms with E-state index in [1.807, 2.05) is 29.6 Å². The van der Waals surface area contributed by atoms with Crippen molar-refractivity contribution in [3.8, 4) is 5.69 Å². The van der Waals surface area contributed by atoms with E-state index in [9.17, 15) is 4.79 Å². The number of amides is 1. The number of benzene rings is 1. The summed E-state index contributed by atoms with van der Waals surface area (Å²) in [5.41, 5.74) is 6.30. The largest absolute Gasteiger partial charge is 0.374 e. The molecular weight excluding hydrogens is 348 g/mol. The molecule has 0 N–H and O–H groups in total. The Bertz CT molecular complexity index is 1040. The Morgan fingerprint density at radius 3 is 2.71 bits per heavy atom. The predicted molar refractivity (Wildman–Crippen MR) is 111 cm³/mol. The molecule has 1 aliphatic carbocycles. The molecule has 3 aliphatic rings. The third-order valence-corrected chi connectivity index (χ3v) is 6.31. The molecule has 0 unspecified atom stereocenters. The first-order valence-electron chi connectivity index (χ1n) is 9.99. The first-order valence-corrected chi connectivity index (χ1v) is 9.99. The zero-order valence-corrected chi connectivity index (χ0v) is 16.9. The van der Waals surface area contributed by atoms with Crippen LogP contribution in [0.5, 0.6) is 0 Å². The van der Waals surface area contributed by atoms with E-state index in [1.165, 1.54) is 11.3 Å². The van der Waals surface area contributed by atoms with Crippen molar-refractivity contribution in [2.75, 3.05) is 18.5 Å². The van der Waals surface area contributed by atoms with Gasteiger partial charge in [0.2, 0.25) is 5.91 Å². The minimum atomic E-state index is -0.451. The Labute approximate surface area is 165 Å². The standard InChI is InChI=1S/C23H26N4O/c1-15-11-16(9-10-25(15)4)17-13-24-26(14-17)19-7-8-20-21(12-19)27(18-5-6-18)22(28)23(20,2)3/h7-9,11-14,18H,5-6,10H2,1-4H3. The van der Waals surface area contributed by atoms with Gasteiger partial charge in [-0.25, -0.2) is 4.68 Å². The van der Waals surface area contributed by atoms with Gasteiger partial charge in [0, 0.05) is 37.1 Å². The van der Waals surface area contributed by atoms with Gasteiger partial charge in [0.1, 0.15) is 0 Å². The Balaban J connectivity index is 1.51. The lowest BCUT2D eigenvalue weighted by Gasteiger charge is -2.22. The fourth-order valence-electron chi connectivity index (χ4n) is 4.20. The highest BCUT2D eigenvalue weighted by Gasteiger charge is 2.49. The van der Waals surface area contributed by atoms with Crippen LogP contribution in [0.1, 0.15) is 44.7 Å². The van der Waals surface area contributed by atoms with Crippen molar-refractivity contribution < 1.29 is 4.79 Å². The highest BCUT2D eigenvalue weighted by Crippen LogP contribution is 2.47. The first kappa shape index (κ1) is 17.3. The van der Waals surface area contributed by atoms with E-state index < -0.39 is 5.41 Å². The van der Waals surface area contributed by atoms with E-state index in [4.69, 9.17) is 0 Å². The molecule has 2 aromatic rings. The van der Waals surface area contributed by atoms with Crippen LogP contribution in [-0.4, -0.2) is 40.2 Å². The summed E-state index contributed by atoms with van der Waals surface area (Å²) < 4.78 is 1.92. The smallest absolute Gasteiger partial charge is 0.237 e. The number of nitrogens with zero attached hydrogens (tertiary/aromatic N) is 4. The van der Waals surface area contributed by atoms with Crippen molar-refractivity contribution in [2.45, 2.75) is 45.1 Å². The fourth-order valence-corrected chi connectivity index (χ4v) is 4.20. The molecule has 0 saturated heterocycles. The van der Waals surface area contributed by atoms with Gasteiger partial charge in [-0.1, -0.05) is 12.1 Å². The molecule has 5 heteroatoms. The van der Waals surface area contributed by atoms with Gasteiger partial charge < -0.3 is 9.80 Å². The molecule has 0 spiro atoms. The van der Waals surface area contributed by atoms with Crippen LogP contribution >= 0.6 is 0 Å². The molecular formula is C23H26N4O. The summed E-state index contributed by atoms with van der Waals surface area (Å²) in [4.78, 5) is 17.2. The van der Waals surface area contributed by atoms with Crippen LogP contribution in [0.2, 0.25) is 0 Å². The number of aromatic nitrogens is 2. The summed E-state index contributed by atoms with van der Waals surface area (Å²) in [5, 5.41) is 4.60. The van der Waals surface area contributed by atoms with Crippen LogP contribution < -0.4 is 4.90 Å². The molecule has 0 atom stereocenters. The summed E-state index contributed by atoms with van der Waals surface area (Å²) in [6.07, 6.45) is 10.6. The molecule has 144 valence electrons. The third kappa shape index (κ3) is 2.53. The number of likely N-dealkylation sites (N-methyl/N-ethyl adjacent to an activating group) is 1. The SMILES string of the molecule is CC1=CC(c2cnn(-c3ccc4c(c3)N(C3CC3)C(=O)C4(C)C)c2)=CCN1C. The van der Waals surface area contributed by atoms with Gasteiger partial charge in [0.15, 0.2) is 0 Å². The monoisotopic (exact) mass is 374 g/mol. The molecule has 5 rings (SSSR count). The molecule has 1 saturated carbocycles. The summed E-state index contributed by atoms with van der Waals surface area (Å²) in [7, 11) is 2.10.